The first-order chi connectivity index (χ1) is 15.9. The number of nitrogens with zero attached hydrogens (tertiary/aromatic N) is 1. The fraction of sp³-hybridized carbons (Fsp3) is 0.154. The SMILES string of the molecule is CCOc1c(/C(C)=C/C(=O)Nc2ccc(Cl)cn2)cc2c(-c3ccc(F)cc3)coc2c1C. The number of pyridine rings is 1. The number of aryl methyl sites for hydroxylation is 1. The second-order valence-corrected chi connectivity index (χ2v) is 7.96. The van der Waals surface area contributed by atoms with Gasteiger partial charge in [0.05, 0.1) is 17.9 Å². The highest BCUT2D eigenvalue weighted by Crippen LogP contribution is 2.40. The summed E-state index contributed by atoms with van der Waals surface area (Å²) in [7, 11) is 0. The van der Waals surface area contributed by atoms with Gasteiger partial charge >= 0.3 is 0 Å². The van der Waals surface area contributed by atoms with Crippen molar-refractivity contribution in [1.29, 1.82) is 0 Å². The molecule has 0 fully saturated rings. The summed E-state index contributed by atoms with van der Waals surface area (Å²) >= 11 is 5.85. The maximum Gasteiger partial charge on any atom is 0.249 e. The Morgan fingerprint density at radius 3 is 2.67 bits per heavy atom. The Kier molecular flexibility index (Phi) is 6.47. The molecule has 0 bridgehead atoms. The lowest BCUT2D eigenvalue weighted by atomic mass is 9.96. The number of ether oxygens (including phenoxy) is 1. The molecule has 0 saturated carbocycles. The van der Waals surface area contributed by atoms with E-state index in [4.69, 9.17) is 20.8 Å². The first kappa shape index (κ1) is 22.6. The van der Waals surface area contributed by atoms with Gasteiger partial charge < -0.3 is 14.5 Å². The topological polar surface area (TPSA) is 64.4 Å². The number of aromatic nitrogens is 1. The number of anilines is 1. The molecule has 0 aliphatic rings. The van der Waals surface area contributed by atoms with Gasteiger partial charge in [0.2, 0.25) is 5.91 Å². The molecule has 1 N–H and O–H groups in total. The number of halogens is 2. The van der Waals surface area contributed by atoms with Crippen molar-refractivity contribution in [2.24, 2.45) is 0 Å². The Labute approximate surface area is 195 Å². The maximum absolute atomic E-state index is 13.4. The molecule has 4 rings (SSSR count). The highest BCUT2D eigenvalue weighted by atomic mass is 35.5. The van der Waals surface area contributed by atoms with Crippen LogP contribution < -0.4 is 10.1 Å². The Balaban J connectivity index is 1.77. The number of amides is 1. The van der Waals surface area contributed by atoms with E-state index in [-0.39, 0.29) is 11.7 Å². The molecule has 168 valence electrons. The first-order valence-corrected chi connectivity index (χ1v) is 10.8. The first-order valence-electron chi connectivity index (χ1n) is 10.4. The van der Waals surface area contributed by atoms with E-state index in [1.165, 1.54) is 24.4 Å². The average Bonchev–Trinajstić information content (AvgIpc) is 3.22. The molecule has 1 amide bonds. The molecule has 2 aromatic heterocycles. The fourth-order valence-corrected chi connectivity index (χ4v) is 3.79. The van der Waals surface area contributed by atoms with Crippen LogP contribution in [0.15, 0.2) is 65.4 Å². The number of allylic oxidation sites excluding steroid dienone is 1. The molecule has 2 aromatic carbocycles. The summed E-state index contributed by atoms with van der Waals surface area (Å²) in [6.07, 6.45) is 4.62. The monoisotopic (exact) mass is 464 g/mol. The summed E-state index contributed by atoms with van der Waals surface area (Å²) in [6.45, 7) is 6.12. The zero-order valence-corrected chi connectivity index (χ0v) is 19.2. The number of hydrogen-bond donors (Lipinski definition) is 1. The minimum atomic E-state index is -0.325. The van der Waals surface area contributed by atoms with E-state index < -0.39 is 0 Å². The van der Waals surface area contributed by atoms with E-state index in [2.05, 4.69) is 10.3 Å². The van der Waals surface area contributed by atoms with E-state index in [0.29, 0.717) is 34.4 Å². The van der Waals surface area contributed by atoms with Gasteiger partial charge in [0.1, 0.15) is 23.0 Å². The molecule has 5 nitrogen and oxygen atoms in total. The number of furan rings is 1. The minimum Gasteiger partial charge on any atom is -0.493 e. The Bertz CT molecular complexity index is 1340. The van der Waals surface area contributed by atoms with Crippen molar-refractivity contribution in [3.05, 3.63) is 83.0 Å². The van der Waals surface area contributed by atoms with Crippen LogP contribution in [0.2, 0.25) is 5.02 Å². The van der Waals surface area contributed by atoms with Crippen LogP contribution in [0.4, 0.5) is 10.2 Å². The van der Waals surface area contributed by atoms with Gasteiger partial charge in [-0.05, 0) is 62.2 Å². The van der Waals surface area contributed by atoms with E-state index in [9.17, 15) is 9.18 Å². The van der Waals surface area contributed by atoms with Crippen LogP contribution in [-0.2, 0) is 4.79 Å². The van der Waals surface area contributed by atoms with Crippen LogP contribution in [0, 0.1) is 12.7 Å². The van der Waals surface area contributed by atoms with Crippen LogP contribution in [0.1, 0.15) is 25.0 Å². The van der Waals surface area contributed by atoms with Gasteiger partial charge in [0.15, 0.2) is 0 Å². The number of carbonyl (C=O) groups is 1. The molecule has 33 heavy (non-hydrogen) atoms. The minimum absolute atomic E-state index is 0.304. The summed E-state index contributed by atoms with van der Waals surface area (Å²) in [5.74, 6) is 0.421. The largest absolute Gasteiger partial charge is 0.493 e. The number of hydrogen-bond acceptors (Lipinski definition) is 4. The average molecular weight is 465 g/mol. The van der Waals surface area contributed by atoms with Gasteiger partial charge in [0, 0.05) is 34.3 Å². The molecule has 0 aliphatic carbocycles. The summed E-state index contributed by atoms with van der Waals surface area (Å²) < 4.78 is 25.2. The van der Waals surface area contributed by atoms with Gasteiger partial charge in [-0.1, -0.05) is 23.7 Å². The quantitative estimate of drug-likeness (QED) is 0.311. The lowest BCUT2D eigenvalue weighted by Crippen LogP contribution is -2.10. The summed E-state index contributed by atoms with van der Waals surface area (Å²) in [4.78, 5) is 16.7. The van der Waals surface area contributed by atoms with Crippen molar-refractivity contribution in [3.8, 4) is 16.9 Å². The second-order valence-electron chi connectivity index (χ2n) is 7.52. The van der Waals surface area contributed by atoms with Crippen molar-refractivity contribution in [3.63, 3.8) is 0 Å². The molecule has 0 spiro atoms. The molecular weight excluding hydrogens is 443 g/mol. The maximum atomic E-state index is 13.4. The molecular formula is C26H22ClFN2O3. The van der Waals surface area contributed by atoms with Crippen LogP contribution in [-0.4, -0.2) is 17.5 Å². The van der Waals surface area contributed by atoms with Crippen molar-refractivity contribution < 1.29 is 18.3 Å². The third-order valence-corrected chi connectivity index (χ3v) is 5.46. The van der Waals surface area contributed by atoms with Crippen LogP contribution in [0.3, 0.4) is 0 Å². The van der Waals surface area contributed by atoms with E-state index in [1.807, 2.05) is 26.8 Å². The lowest BCUT2D eigenvalue weighted by Gasteiger charge is -2.15. The lowest BCUT2D eigenvalue weighted by molar-refractivity contribution is -0.111. The summed E-state index contributed by atoms with van der Waals surface area (Å²) in [5.41, 5.74) is 4.65. The third kappa shape index (κ3) is 4.76. The fourth-order valence-electron chi connectivity index (χ4n) is 3.68. The molecule has 2 heterocycles. The van der Waals surface area contributed by atoms with Gasteiger partial charge in [0.25, 0.3) is 0 Å². The predicted molar refractivity (Wildman–Crippen MR) is 129 cm³/mol. The molecule has 0 aliphatic heterocycles. The van der Waals surface area contributed by atoms with E-state index in [0.717, 1.165) is 27.6 Å². The smallest absolute Gasteiger partial charge is 0.249 e. The Morgan fingerprint density at radius 1 is 1.24 bits per heavy atom. The van der Waals surface area contributed by atoms with Crippen LogP contribution >= 0.6 is 11.6 Å². The van der Waals surface area contributed by atoms with E-state index in [1.54, 1.807) is 30.5 Å². The van der Waals surface area contributed by atoms with Crippen molar-refractivity contribution in [2.45, 2.75) is 20.8 Å². The second kappa shape index (κ2) is 9.46. The standard InChI is InChI=1S/C26H22ClFN2O3/c1-4-32-25-16(3)26-21(22(14-33-26)17-5-8-19(28)9-6-17)12-20(25)15(2)11-24(31)30-23-10-7-18(27)13-29-23/h5-14H,4H2,1-3H3,(H,29,30,31)/b15-11+. The Morgan fingerprint density at radius 2 is 2.00 bits per heavy atom. The normalized spacial score (nSPS) is 11.6. The van der Waals surface area contributed by atoms with E-state index >= 15 is 0 Å². The molecule has 0 saturated heterocycles. The zero-order chi connectivity index (χ0) is 23.5. The van der Waals surface area contributed by atoms with Crippen molar-refractivity contribution >= 4 is 39.9 Å². The predicted octanol–water partition coefficient (Wildman–Crippen LogP) is 7.04. The van der Waals surface area contributed by atoms with Gasteiger partial charge in [-0.2, -0.15) is 0 Å². The third-order valence-electron chi connectivity index (χ3n) is 5.24. The highest BCUT2D eigenvalue weighted by molar-refractivity contribution is 6.30. The molecule has 0 radical (unpaired) electrons. The number of nitrogens with one attached hydrogen (secondary N) is 1. The van der Waals surface area contributed by atoms with Gasteiger partial charge in [-0.3, -0.25) is 4.79 Å². The summed E-state index contributed by atoms with van der Waals surface area (Å²) in [5, 5.41) is 4.07. The molecule has 0 unspecified atom stereocenters. The van der Waals surface area contributed by atoms with Gasteiger partial charge in [-0.25, -0.2) is 9.37 Å². The molecule has 0 atom stereocenters. The number of benzene rings is 2. The van der Waals surface area contributed by atoms with Gasteiger partial charge in [-0.15, -0.1) is 0 Å². The number of carbonyl (C=O) groups excluding carboxylic acids is 1. The Hall–Kier alpha value is -3.64. The zero-order valence-electron chi connectivity index (χ0n) is 18.4. The highest BCUT2D eigenvalue weighted by Gasteiger charge is 2.19. The van der Waals surface area contributed by atoms with Crippen LogP contribution in [0.5, 0.6) is 5.75 Å². The summed E-state index contributed by atoms with van der Waals surface area (Å²) in [6, 6.07) is 11.5. The van der Waals surface area contributed by atoms with Crippen molar-refractivity contribution in [2.75, 3.05) is 11.9 Å². The molecule has 4 aromatic rings. The van der Waals surface area contributed by atoms with Crippen LogP contribution in [0.25, 0.3) is 27.7 Å². The number of rotatable bonds is 6. The van der Waals surface area contributed by atoms with Crippen molar-refractivity contribution in [1.82, 2.24) is 4.98 Å². The number of fused-ring (bicyclic) bond motifs is 1. The molecule has 7 heteroatoms.